The Morgan fingerprint density at radius 1 is 1.37 bits per heavy atom. The van der Waals surface area contributed by atoms with Gasteiger partial charge >= 0.3 is 5.97 Å². The Morgan fingerprint density at radius 2 is 2.16 bits per heavy atom. The summed E-state index contributed by atoms with van der Waals surface area (Å²) in [6, 6.07) is 8.30. The molecule has 1 heterocycles. The molecule has 0 unspecified atom stereocenters. The SMILES string of the molecule is CCOC(=O)c1sc2c(c1N)CCc1ccccc1-2. The minimum absolute atomic E-state index is 0.308. The number of ether oxygens (including phenoxy) is 1. The molecule has 0 aliphatic heterocycles. The van der Waals surface area contributed by atoms with Crippen LogP contribution in [0.4, 0.5) is 5.69 Å². The van der Waals surface area contributed by atoms with Crippen molar-refractivity contribution < 1.29 is 9.53 Å². The number of esters is 1. The van der Waals surface area contributed by atoms with Crippen LogP contribution in [0, 0.1) is 0 Å². The first-order chi connectivity index (χ1) is 9.22. The molecule has 3 nitrogen and oxygen atoms in total. The lowest BCUT2D eigenvalue weighted by molar-refractivity contribution is 0.0533. The molecule has 1 aliphatic carbocycles. The number of hydrogen-bond acceptors (Lipinski definition) is 4. The summed E-state index contributed by atoms with van der Waals surface area (Å²) >= 11 is 1.45. The third-order valence-electron chi connectivity index (χ3n) is 3.42. The molecule has 1 aliphatic rings. The summed E-state index contributed by atoms with van der Waals surface area (Å²) in [5.41, 5.74) is 10.4. The number of anilines is 1. The summed E-state index contributed by atoms with van der Waals surface area (Å²) < 4.78 is 5.07. The normalized spacial score (nSPS) is 12.7. The highest BCUT2D eigenvalue weighted by Gasteiger charge is 2.26. The zero-order valence-electron chi connectivity index (χ0n) is 10.7. The summed E-state index contributed by atoms with van der Waals surface area (Å²) in [4.78, 5) is 13.6. The van der Waals surface area contributed by atoms with Crippen LogP contribution in [0.5, 0.6) is 0 Å². The Kier molecular flexibility index (Phi) is 3.03. The lowest BCUT2D eigenvalue weighted by atomic mass is 9.91. The van der Waals surface area contributed by atoms with E-state index in [1.54, 1.807) is 6.92 Å². The van der Waals surface area contributed by atoms with E-state index in [1.807, 2.05) is 12.1 Å². The van der Waals surface area contributed by atoms with Gasteiger partial charge in [-0.2, -0.15) is 0 Å². The Labute approximate surface area is 116 Å². The van der Waals surface area contributed by atoms with Gasteiger partial charge in [-0.3, -0.25) is 0 Å². The zero-order valence-corrected chi connectivity index (χ0v) is 11.5. The lowest BCUT2D eigenvalue weighted by Crippen LogP contribution is -2.07. The number of thiophene rings is 1. The third kappa shape index (κ3) is 1.92. The van der Waals surface area contributed by atoms with Gasteiger partial charge in [-0.25, -0.2) is 4.79 Å². The molecule has 0 saturated heterocycles. The standard InChI is InChI=1S/C15H15NO2S/c1-2-18-15(17)14-12(16)11-8-7-9-5-3-4-6-10(9)13(11)19-14/h3-6H,2,7-8,16H2,1H3. The molecule has 98 valence electrons. The number of hydrogen-bond donors (Lipinski definition) is 1. The summed E-state index contributed by atoms with van der Waals surface area (Å²) in [5, 5.41) is 0. The van der Waals surface area contributed by atoms with Crippen LogP contribution in [-0.4, -0.2) is 12.6 Å². The molecule has 4 heteroatoms. The molecule has 0 spiro atoms. The number of fused-ring (bicyclic) bond motifs is 3. The van der Waals surface area contributed by atoms with Gasteiger partial charge in [0, 0.05) is 4.88 Å². The zero-order chi connectivity index (χ0) is 13.4. The van der Waals surface area contributed by atoms with Crippen molar-refractivity contribution in [2.75, 3.05) is 12.3 Å². The van der Waals surface area contributed by atoms with Crippen molar-refractivity contribution in [2.45, 2.75) is 19.8 Å². The number of carbonyl (C=O) groups is 1. The number of nitrogen functional groups attached to an aromatic ring is 1. The maximum absolute atomic E-state index is 11.9. The molecule has 3 rings (SSSR count). The summed E-state index contributed by atoms with van der Waals surface area (Å²) in [6.07, 6.45) is 1.88. The second kappa shape index (κ2) is 4.70. The molecule has 2 N–H and O–H groups in total. The van der Waals surface area contributed by atoms with Gasteiger partial charge in [-0.15, -0.1) is 11.3 Å². The predicted octanol–water partition coefficient (Wildman–Crippen LogP) is 3.27. The summed E-state index contributed by atoms with van der Waals surface area (Å²) in [6.45, 7) is 2.17. The van der Waals surface area contributed by atoms with Gasteiger partial charge in [0.25, 0.3) is 0 Å². The minimum atomic E-state index is -0.308. The topological polar surface area (TPSA) is 52.3 Å². The van der Waals surface area contributed by atoms with Crippen LogP contribution in [0.15, 0.2) is 24.3 Å². The Hall–Kier alpha value is -1.81. The number of benzene rings is 1. The van der Waals surface area contributed by atoms with E-state index in [4.69, 9.17) is 10.5 Å². The van der Waals surface area contributed by atoms with Crippen molar-refractivity contribution in [3.8, 4) is 10.4 Å². The van der Waals surface area contributed by atoms with Crippen molar-refractivity contribution in [1.29, 1.82) is 0 Å². The fourth-order valence-electron chi connectivity index (χ4n) is 2.51. The van der Waals surface area contributed by atoms with Gasteiger partial charge in [-0.05, 0) is 36.5 Å². The van der Waals surface area contributed by atoms with E-state index in [1.165, 1.54) is 22.5 Å². The molecule has 0 saturated carbocycles. The minimum Gasteiger partial charge on any atom is -0.462 e. The van der Waals surface area contributed by atoms with Crippen molar-refractivity contribution >= 4 is 23.0 Å². The average molecular weight is 273 g/mol. The number of carbonyl (C=O) groups excluding carboxylic acids is 1. The third-order valence-corrected chi connectivity index (χ3v) is 4.68. The van der Waals surface area contributed by atoms with Crippen LogP contribution in [0.3, 0.4) is 0 Å². The fraction of sp³-hybridized carbons (Fsp3) is 0.267. The van der Waals surface area contributed by atoms with Crippen LogP contribution >= 0.6 is 11.3 Å². The van der Waals surface area contributed by atoms with Crippen LogP contribution in [0.2, 0.25) is 0 Å². The van der Waals surface area contributed by atoms with Crippen molar-refractivity contribution in [3.63, 3.8) is 0 Å². The molecule has 0 radical (unpaired) electrons. The highest BCUT2D eigenvalue weighted by atomic mass is 32.1. The van der Waals surface area contributed by atoms with Gasteiger partial charge in [0.2, 0.25) is 0 Å². The average Bonchev–Trinajstić information content (AvgIpc) is 2.77. The monoisotopic (exact) mass is 273 g/mol. The molecule has 19 heavy (non-hydrogen) atoms. The van der Waals surface area contributed by atoms with Gasteiger partial charge in [0.15, 0.2) is 0 Å². The largest absolute Gasteiger partial charge is 0.462 e. The molecule has 1 aromatic carbocycles. The van der Waals surface area contributed by atoms with E-state index in [0.717, 1.165) is 23.3 Å². The molecule has 0 amide bonds. The molecule has 0 fully saturated rings. The van der Waals surface area contributed by atoms with E-state index in [0.29, 0.717) is 17.2 Å². The van der Waals surface area contributed by atoms with Crippen molar-refractivity contribution in [1.82, 2.24) is 0 Å². The highest BCUT2D eigenvalue weighted by Crippen LogP contribution is 2.44. The quantitative estimate of drug-likeness (QED) is 0.854. The first kappa shape index (κ1) is 12.2. The number of rotatable bonds is 2. The molecule has 0 atom stereocenters. The van der Waals surface area contributed by atoms with Crippen LogP contribution < -0.4 is 5.73 Å². The second-order valence-corrected chi connectivity index (χ2v) is 5.55. The van der Waals surface area contributed by atoms with Crippen LogP contribution in [0.1, 0.15) is 27.7 Å². The summed E-state index contributed by atoms with van der Waals surface area (Å²) in [7, 11) is 0. The summed E-state index contributed by atoms with van der Waals surface area (Å²) in [5.74, 6) is -0.308. The fourth-order valence-corrected chi connectivity index (χ4v) is 3.74. The van der Waals surface area contributed by atoms with E-state index in [-0.39, 0.29) is 5.97 Å². The Bertz CT molecular complexity index is 646. The van der Waals surface area contributed by atoms with E-state index >= 15 is 0 Å². The maximum atomic E-state index is 11.9. The second-order valence-electron chi connectivity index (χ2n) is 4.53. The van der Waals surface area contributed by atoms with E-state index in [9.17, 15) is 4.79 Å². The van der Waals surface area contributed by atoms with Gasteiger partial charge in [0.05, 0.1) is 12.3 Å². The molecular formula is C15H15NO2S. The maximum Gasteiger partial charge on any atom is 0.350 e. The smallest absolute Gasteiger partial charge is 0.350 e. The molecular weight excluding hydrogens is 258 g/mol. The molecule has 2 aromatic rings. The number of aryl methyl sites for hydroxylation is 1. The Morgan fingerprint density at radius 3 is 2.95 bits per heavy atom. The molecule has 0 bridgehead atoms. The first-order valence-electron chi connectivity index (χ1n) is 6.39. The Balaban J connectivity index is 2.12. The van der Waals surface area contributed by atoms with Gasteiger partial charge in [0.1, 0.15) is 4.88 Å². The van der Waals surface area contributed by atoms with E-state index in [2.05, 4.69) is 12.1 Å². The highest BCUT2D eigenvalue weighted by molar-refractivity contribution is 7.18. The van der Waals surface area contributed by atoms with Crippen LogP contribution in [0.25, 0.3) is 10.4 Å². The molecule has 1 aromatic heterocycles. The van der Waals surface area contributed by atoms with Gasteiger partial charge < -0.3 is 10.5 Å². The first-order valence-corrected chi connectivity index (χ1v) is 7.20. The predicted molar refractivity (Wildman–Crippen MR) is 77.5 cm³/mol. The van der Waals surface area contributed by atoms with Gasteiger partial charge in [-0.1, -0.05) is 24.3 Å². The lowest BCUT2D eigenvalue weighted by Gasteiger charge is -2.16. The van der Waals surface area contributed by atoms with E-state index < -0.39 is 0 Å². The van der Waals surface area contributed by atoms with Crippen molar-refractivity contribution in [2.24, 2.45) is 0 Å². The van der Waals surface area contributed by atoms with Crippen molar-refractivity contribution in [3.05, 3.63) is 40.3 Å². The number of nitrogens with two attached hydrogens (primary N) is 1. The van der Waals surface area contributed by atoms with Crippen LogP contribution in [-0.2, 0) is 17.6 Å².